The summed E-state index contributed by atoms with van der Waals surface area (Å²) in [5, 5.41) is 9.58. The minimum Gasteiger partial charge on any atom is -0.462 e. The van der Waals surface area contributed by atoms with E-state index < -0.39 is 6.10 Å². The number of esters is 2. The Morgan fingerprint density at radius 1 is 0.460 bits per heavy atom. The second kappa shape index (κ2) is 41.8. The quantitative estimate of drug-likeness (QED) is 0.0390. The van der Waals surface area contributed by atoms with Gasteiger partial charge in [-0.1, -0.05) is 199 Å². The fourth-order valence-corrected chi connectivity index (χ4v) is 6.41. The molecule has 0 saturated carbocycles. The van der Waals surface area contributed by atoms with E-state index >= 15 is 0 Å². The van der Waals surface area contributed by atoms with Gasteiger partial charge in [-0.3, -0.25) is 9.59 Å². The van der Waals surface area contributed by atoms with Crippen LogP contribution < -0.4 is 0 Å². The molecular formula is C45H84O5. The molecule has 0 aliphatic heterocycles. The van der Waals surface area contributed by atoms with Crippen LogP contribution in [-0.4, -0.2) is 36.4 Å². The van der Waals surface area contributed by atoms with Crippen molar-refractivity contribution < 1.29 is 24.2 Å². The Bertz CT molecular complexity index is 761. The number of aliphatic hydroxyl groups excluding tert-OH is 1. The summed E-state index contributed by atoms with van der Waals surface area (Å²) >= 11 is 0. The molecule has 50 heavy (non-hydrogen) atoms. The minimum absolute atomic E-state index is 0.0644. The van der Waals surface area contributed by atoms with E-state index in [1.165, 1.54) is 154 Å². The van der Waals surface area contributed by atoms with Crippen LogP contribution in [0.2, 0.25) is 0 Å². The highest BCUT2D eigenvalue weighted by Crippen LogP contribution is 2.15. The second-order valence-electron chi connectivity index (χ2n) is 14.8. The maximum absolute atomic E-state index is 12.2. The average molecular weight is 705 g/mol. The molecule has 1 atom stereocenters. The lowest BCUT2D eigenvalue weighted by Crippen LogP contribution is -2.28. The topological polar surface area (TPSA) is 72.8 Å². The number of rotatable bonds is 40. The van der Waals surface area contributed by atoms with Crippen LogP contribution in [0.4, 0.5) is 0 Å². The van der Waals surface area contributed by atoms with Crippen LogP contribution >= 0.6 is 0 Å². The van der Waals surface area contributed by atoms with E-state index in [2.05, 4.69) is 38.2 Å². The largest absolute Gasteiger partial charge is 0.462 e. The lowest BCUT2D eigenvalue weighted by molar-refractivity contribution is -0.161. The standard InChI is InChI=1S/C45H84O5/c1-3-5-7-9-11-13-15-17-19-21-22-24-25-27-29-31-33-35-37-39-44(47)49-42-43(41-46)50-45(48)40-38-36-34-32-30-28-26-23-20-18-16-14-12-10-8-6-4-2/h12,14,18,20,43,46H,3-11,13,15-17,19,21-42H2,1-2H3/b14-12+,20-18+/t43-/m0/s1. The van der Waals surface area contributed by atoms with E-state index in [1.54, 1.807) is 0 Å². The number of ether oxygens (including phenoxy) is 2. The van der Waals surface area contributed by atoms with Crippen molar-refractivity contribution in [2.45, 2.75) is 238 Å². The van der Waals surface area contributed by atoms with Gasteiger partial charge in [0.2, 0.25) is 0 Å². The van der Waals surface area contributed by atoms with Gasteiger partial charge in [0.05, 0.1) is 6.61 Å². The van der Waals surface area contributed by atoms with Crippen LogP contribution in [0.3, 0.4) is 0 Å². The lowest BCUT2D eigenvalue weighted by atomic mass is 10.0. The molecule has 0 spiro atoms. The van der Waals surface area contributed by atoms with Crippen molar-refractivity contribution in [1.29, 1.82) is 0 Å². The van der Waals surface area contributed by atoms with E-state index in [1.807, 2.05) is 0 Å². The molecule has 0 aliphatic carbocycles. The van der Waals surface area contributed by atoms with E-state index in [-0.39, 0.29) is 25.2 Å². The molecule has 0 amide bonds. The molecule has 0 heterocycles. The Labute approximate surface area is 311 Å². The molecule has 0 fully saturated rings. The van der Waals surface area contributed by atoms with Gasteiger partial charge >= 0.3 is 11.9 Å². The number of carbonyl (C=O) groups is 2. The molecule has 294 valence electrons. The third-order valence-corrected chi connectivity index (χ3v) is 9.75. The van der Waals surface area contributed by atoms with Crippen molar-refractivity contribution in [3.05, 3.63) is 24.3 Å². The Balaban J connectivity index is 3.50. The van der Waals surface area contributed by atoms with Crippen molar-refractivity contribution in [1.82, 2.24) is 0 Å². The molecule has 5 nitrogen and oxygen atoms in total. The van der Waals surface area contributed by atoms with Gasteiger partial charge in [0.25, 0.3) is 0 Å². The monoisotopic (exact) mass is 705 g/mol. The van der Waals surface area contributed by atoms with Gasteiger partial charge in [0.1, 0.15) is 6.61 Å². The van der Waals surface area contributed by atoms with Crippen molar-refractivity contribution in [2.75, 3.05) is 13.2 Å². The van der Waals surface area contributed by atoms with E-state index in [9.17, 15) is 14.7 Å². The number of aliphatic hydroxyl groups is 1. The highest BCUT2D eigenvalue weighted by molar-refractivity contribution is 5.70. The van der Waals surface area contributed by atoms with Gasteiger partial charge in [0, 0.05) is 12.8 Å². The van der Waals surface area contributed by atoms with Crippen LogP contribution in [0, 0.1) is 0 Å². The van der Waals surface area contributed by atoms with Crippen LogP contribution in [-0.2, 0) is 19.1 Å². The molecular weight excluding hydrogens is 620 g/mol. The molecule has 0 saturated heterocycles. The summed E-state index contributed by atoms with van der Waals surface area (Å²) in [6.45, 7) is 4.13. The number of carbonyl (C=O) groups excluding carboxylic acids is 2. The van der Waals surface area contributed by atoms with Crippen molar-refractivity contribution in [3.8, 4) is 0 Å². The Hall–Kier alpha value is -1.62. The molecule has 5 heteroatoms. The normalized spacial score (nSPS) is 12.3. The first-order valence-corrected chi connectivity index (χ1v) is 21.9. The van der Waals surface area contributed by atoms with Gasteiger partial charge in [0.15, 0.2) is 6.10 Å². The summed E-state index contributed by atoms with van der Waals surface area (Å²) < 4.78 is 10.6. The number of hydrogen-bond acceptors (Lipinski definition) is 5. The van der Waals surface area contributed by atoms with Gasteiger partial charge in [-0.2, -0.15) is 0 Å². The molecule has 0 aliphatic rings. The first-order valence-electron chi connectivity index (χ1n) is 21.9. The molecule has 1 N–H and O–H groups in total. The zero-order valence-electron chi connectivity index (χ0n) is 33.4. The molecule has 0 bridgehead atoms. The zero-order chi connectivity index (χ0) is 36.4. The SMILES string of the molecule is CCCCC/C=C/C/C=C/CCCCCCCCCC(=O)O[C@@H](CO)COC(=O)CCCCCCCCCCCCCCCCCCCCC. The minimum atomic E-state index is -0.771. The first kappa shape index (κ1) is 48.4. The molecule has 0 aromatic carbocycles. The lowest BCUT2D eigenvalue weighted by Gasteiger charge is -2.15. The van der Waals surface area contributed by atoms with E-state index in [4.69, 9.17) is 9.47 Å². The second-order valence-corrected chi connectivity index (χ2v) is 14.8. The molecule has 0 rings (SSSR count). The van der Waals surface area contributed by atoms with Crippen LogP contribution in [0.5, 0.6) is 0 Å². The average Bonchev–Trinajstić information content (AvgIpc) is 3.12. The summed E-state index contributed by atoms with van der Waals surface area (Å²) in [5.41, 5.74) is 0. The third-order valence-electron chi connectivity index (χ3n) is 9.75. The molecule has 0 aromatic heterocycles. The van der Waals surface area contributed by atoms with Gasteiger partial charge in [-0.25, -0.2) is 0 Å². The maximum Gasteiger partial charge on any atom is 0.306 e. The van der Waals surface area contributed by atoms with Crippen molar-refractivity contribution >= 4 is 11.9 Å². The fourth-order valence-electron chi connectivity index (χ4n) is 6.41. The predicted molar refractivity (Wildman–Crippen MR) is 215 cm³/mol. The smallest absolute Gasteiger partial charge is 0.306 e. The van der Waals surface area contributed by atoms with Gasteiger partial charge in [-0.05, 0) is 44.9 Å². The summed E-state index contributed by atoms with van der Waals surface area (Å²) in [5.74, 6) is -0.589. The third kappa shape index (κ3) is 39.2. The van der Waals surface area contributed by atoms with Crippen LogP contribution in [0.1, 0.15) is 232 Å². The summed E-state index contributed by atoms with van der Waals surface area (Å²) in [7, 11) is 0. The predicted octanol–water partition coefficient (Wildman–Crippen LogP) is 13.8. The highest BCUT2D eigenvalue weighted by Gasteiger charge is 2.16. The Morgan fingerprint density at radius 3 is 1.22 bits per heavy atom. The molecule has 0 radical (unpaired) electrons. The number of hydrogen-bond donors (Lipinski definition) is 1. The van der Waals surface area contributed by atoms with E-state index in [0.29, 0.717) is 12.8 Å². The fraction of sp³-hybridized carbons (Fsp3) is 0.867. The van der Waals surface area contributed by atoms with Gasteiger partial charge in [-0.15, -0.1) is 0 Å². The van der Waals surface area contributed by atoms with E-state index in [0.717, 1.165) is 51.4 Å². The molecule has 0 unspecified atom stereocenters. The summed E-state index contributed by atoms with van der Waals surface area (Å²) in [6, 6.07) is 0. The van der Waals surface area contributed by atoms with Crippen molar-refractivity contribution in [3.63, 3.8) is 0 Å². The van der Waals surface area contributed by atoms with Crippen molar-refractivity contribution in [2.24, 2.45) is 0 Å². The summed E-state index contributed by atoms with van der Waals surface area (Å²) in [4.78, 5) is 24.3. The van der Waals surface area contributed by atoms with Crippen LogP contribution in [0.25, 0.3) is 0 Å². The zero-order valence-corrected chi connectivity index (χ0v) is 33.4. The summed E-state index contributed by atoms with van der Waals surface area (Å²) in [6.07, 6.45) is 49.6. The number of allylic oxidation sites excluding steroid dienone is 4. The Morgan fingerprint density at radius 2 is 0.800 bits per heavy atom. The number of unbranched alkanes of at least 4 members (excludes halogenated alkanes) is 28. The van der Waals surface area contributed by atoms with Crippen LogP contribution in [0.15, 0.2) is 24.3 Å². The maximum atomic E-state index is 12.2. The first-order chi connectivity index (χ1) is 24.6. The molecule has 0 aromatic rings. The highest BCUT2D eigenvalue weighted by atomic mass is 16.6. The Kier molecular flexibility index (Phi) is 40.4. The van der Waals surface area contributed by atoms with Gasteiger partial charge < -0.3 is 14.6 Å².